The van der Waals surface area contributed by atoms with E-state index in [-0.39, 0.29) is 16.7 Å². The SMILES string of the molecule is CCOc1c(-c2cn(S(=O)(=O)c3ccccc3)c3ccc(/C(C)=C/C(=O)OC)cc23)cc(C(C)C)cc1C(C)C. The van der Waals surface area contributed by atoms with Crippen LogP contribution in [-0.2, 0) is 19.6 Å². The number of ether oxygens (including phenoxy) is 2. The minimum atomic E-state index is -3.90. The number of fused-ring (bicyclic) bond motifs is 1. The molecule has 0 atom stereocenters. The smallest absolute Gasteiger partial charge is 0.330 e. The number of allylic oxidation sites excluding steroid dienone is 1. The van der Waals surface area contributed by atoms with Gasteiger partial charge < -0.3 is 9.47 Å². The first kappa shape index (κ1) is 29.2. The Morgan fingerprint density at radius 1 is 0.950 bits per heavy atom. The van der Waals surface area contributed by atoms with E-state index in [2.05, 4.69) is 39.8 Å². The van der Waals surface area contributed by atoms with E-state index >= 15 is 0 Å². The summed E-state index contributed by atoms with van der Waals surface area (Å²) in [6, 6.07) is 18.3. The molecule has 0 radical (unpaired) electrons. The van der Waals surface area contributed by atoms with Gasteiger partial charge in [0.2, 0.25) is 0 Å². The predicted octanol–water partition coefficient (Wildman–Crippen LogP) is 7.77. The normalized spacial score (nSPS) is 12.4. The van der Waals surface area contributed by atoms with Crippen LogP contribution < -0.4 is 4.74 Å². The Bertz CT molecular complexity index is 1680. The van der Waals surface area contributed by atoms with Crippen LogP contribution in [0.1, 0.15) is 70.1 Å². The van der Waals surface area contributed by atoms with Crippen molar-refractivity contribution in [1.29, 1.82) is 0 Å². The van der Waals surface area contributed by atoms with Gasteiger partial charge in [0.05, 0.1) is 24.1 Å². The van der Waals surface area contributed by atoms with Crippen LogP contribution in [0.15, 0.2) is 77.8 Å². The van der Waals surface area contributed by atoms with Crippen LogP contribution in [0.25, 0.3) is 27.6 Å². The van der Waals surface area contributed by atoms with Crippen LogP contribution >= 0.6 is 0 Å². The van der Waals surface area contributed by atoms with E-state index in [0.717, 1.165) is 39.0 Å². The molecule has 0 saturated carbocycles. The highest BCUT2D eigenvalue weighted by atomic mass is 32.2. The van der Waals surface area contributed by atoms with Crippen molar-refractivity contribution in [3.8, 4) is 16.9 Å². The third-order valence-corrected chi connectivity index (χ3v) is 8.76. The van der Waals surface area contributed by atoms with E-state index in [9.17, 15) is 13.2 Å². The molecule has 4 aromatic rings. The number of esters is 1. The molecule has 1 heterocycles. The second-order valence-corrected chi connectivity index (χ2v) is 12.3. The van der Waals surface area contributed by atoms with Gasteiger partial charge in [0.1, 0.15) is 5.75 Å². The van der Waals surface area contributed by atoms with Crippen LogP contribution in [0.3, 0.4) is 0 Å². The van der Waals surface area contributed by atoms with E-state index in [4.69, 9.17) is 9.47 Å². The average molecular weight is 560 g/mol. The fraction of sp³-hybridized carbons (Fsp3) is 0.303. The lowest BCUT2D eigenvalue weighted by molar-refractivity contribution is -0.134. The van der Waals surface area contributed by atoms with Gasteiger partial charge in [-0.1, -0.05) is 58.0 Å². The largest absolute Gasteiger partial charge is 0.493 e. The van der Waals surface area contributed by atoms with Crippen LogP contribution in [0.2, 0.25) is 0 Å². The molecule has 0 N–H and O–H groups in total. The van der Waals surface area contributed by atoms with E-state index in [1.807, 2.05) is 26.0 Å². The molecule has 0 bridgehead atoms. The zero-order valence-electron chi connectivity index (χ0n) is 24.2. The summed E-state index contributed by atoms with van der Waals surface area (Å²) < 4.78 is 40.3. The fourth-order valence-corrected chi connectivity index (χ4v) is 6.22. The molecule has 40 heavy (non-hydrogen) atoms. The van der Waals surface area contributed by atoms with Gasteiger partial charge in [-0.05, 0) is 78.3 Å². The van der Waals surface area contributed by atoms with Gasteiger partial charge in [-0.15, -0.1) is 0 Å². The number of benzene rings is 3. The summed E-state index contributed by atoms with van der Waals surface area (Å²) in [6.07, 6.45) is 3.13. The predicted molar refractivity (Wildman–Crippen MR) is 161 cm³/mol. The molecule has 7 heteroatoms. The van der Waals surface area contributed by atoms with Crippen molar-refractivity contribution in [1.82, 2.24) is 3.97 Å². The van der Waals surface area contributed by atoms with Gasteiger partial charge in [0.25, 0.3) is 10.0 Å². The van der Waals surface area contributed by atoms with Gasteiger partial charge in [-0.25, -0.2) is 17.2 Å². The number of aromatic nitrogens is 1. The van der Waals surface area contributed by atoms with Crippen LogP contribution in [0, 0.1) is 0 Å². The lowest BCUT2D eigenvalue weighted by Crippen LogP contribution is -2.11. The summed E-state index contributed by atoms with van der Waals surface area (Å²) in [5, 5.41) is 0.742. The van der Waals surface area contributed by atoms with Crippen molar-refractivity contribution in [2.75, 3.05) is 13.7 Å². The first-order chi connectivity index (χ1) is 19.0. The monoisotopic (exact) mass is 559 g/mol. The highest BCUT2D eigenvalue weighted by molar-refractivity contribution is 7.90. The number of nitrogens with zero attached hydrogens (tertiary/aromatic N) is 1. The number of hydrogen-bond acceptors (Lipinski definition) is 5. The summed E-state index contributed by atoms with van der Waals surface area (Å²) in [7, 11) is -2.56. The number of rotatable bonds is 9. The molecule has 0 amide bonds. The zero-order valence-corrected chi connectivity index (χ0v) is 25.0. The number of hydrogen-bond donors (Lipinski definition) is 0. The highest BCUT2D eigenvalue weighted by Crippen LogP contribution is 2.44. The maximum Gasteiger partial charge on any atom is 0.330 e. The molecule has 4 rings (SSSR count). The molecule has 0 saturated heterocycles. The third-order valence-electron chi connectivity index (χ3n) is 7.07. The standard InChI is InChI=1S/C33H37NO5S/c1-8-39-33-27(22(4)5)18-25(21(2)3)19-29(33)30-20-34(40(36,37)26-12-10-9-11-13-26)31-15-14-24(17-28(30)31)23(6)16-32(35)38-7/h9-22H,8H2,1-7H3/b23-16+. The molecule has 6 nitrogen and oxygen atoms in total. The first-order valence-corrected chi connectivity index (χ1v) is 15.0. The lowest BCUT2D eigenvalue weighted by atomic mass is 9.89. The third kappa shape index (κ3) is 5.56. The second kappa shape index (κ2) is 11.7. The highest BCUT2D eigenvalue weighted by Gasteiger charge is 2.25. The Balaban J connectivity index is 2.12. The molecule has 1 aromatic heterocycles. The Kier molecular flexibility index (Phi) is 8.54. The summed E-state index contributed by atoms with van der Waals surface area (Å²) in [6.45, 7) is 12.8. The van der Waals surface area contributed by atoms with Crippen molar-refractivity contribution in [2.45, 2.75) is 58.3 Å². The molecular formula is C33H37NO5S. The number of carbonyl (C=O) groups excluding carboxylic acids is 1. The van der Waals surface area contributed by atoms with Crippen molar-refractivity contribution in [3.63, 3.8) is 0 Å². The summed E-state index contributed by atoms with van der Waals surface area (Å²) in [4.78, 5) is 12.2. The van der Waals surface area contributed by atoms with E-state index in [1.165, 1.54) is 17.2 Å². The Morgan fingerprint density at radius 2 is 1.65 bits per heavy atom. The minimum Gasteiger partial charge on any atom is -0.493 e. The molecular weight excluding hydrogens is 522 g/mol. The quantitative estimate of drug-likeness (QED) is 0.155. The minimum absolute atomic E-state index is 0.196. The molecule has 0 aliphatic heterocycles. The van der Waals surface area contributed by atoms with Gasteiger partial charge >= 0.3 is 5.97 Å². The van der Waals surface area contributed by atoms with Crippen LogP contribution in [-0.4, -0.2) is 32.1 Å². The van der Waals surface area contributed by atoms with Crippen molar-refractivity contribution in [2.24, 2.45) is 0 Å². The summed E-state index contributed by atoms with van der Waals surface area (Å²) in [5.41, 5.74) is 5.85. The van der Waals surface area contributed by atoms with Crippen LogP contribution in [0.4, 0.5) is 0 Å². The molecule has 0 spiro atoms. The Labute approximate surface area is 237 Å². The molecule has 210 valence electrons. The maximum absolute atomic E-state index is 13.9. The molecule has 0 unspecified atom stereocenters. The van der Waals surface area contributed by atoms with Crippen molar-refractivity contribution < 1.29 is 22.7 Å². The fourth-order valence-electron chi connectivity index (χ4n) is 4.83. The van der Waals surface area contributed by atoms with Crippen LogP contribution in [0.5, 0.6) is 5.75 Å². The average Bonchev–Trinajstić information content (AvgIpc) is 3.33. The topological polar surface area (TPSA) is 74.6 Å². The van der Waals surface area contributed by atoms with E-state index in [1.54, 1.807) is 42.6 Å². The Morgan fingerprint density at radius 3 is 2.25 bits per heavy atom. The molecule has 0 aliphatic rings. The summed E-state index contributed by atoms with van der Waals surface area (Å²) >= 11 is 0. The Hall–Kier alpha value is -3.84. The van der Waals surface area contributed by atoms with Crippen molar-refractivity contribution in [3.05, 3.63) is 89.6 Å². The zero-order chi connectivity index (χ0) is 29.2. The first-order valence-electron chi connectivity index (χ1n) is 13.5. The van der Waals surface area contributed by atoms with Gasteiger partial charge in [-0.3, -0.25) is 0 Å². The maximum atomic E-state index is 13.9. The van der Waals surface area contributed by atoms with Gasteiger partial charge in [0, 0.05) is 28.8 Å². The molecule has 3 aromatic carbocycles. The molecule has 0 aliphatic carbocycles. The van der Waals surface area contributed by atoms with Gasteiger partial charge in [-0.2, -0.15) is 0 Å². The van der Waals surface area contributed by atoms with Gasteiger partial charge in [0.15, 0.2) is 0 Å². The molecule has 0 fully saturated rings. The van der Waals surface area contributed by atoms with E-state index in [0.29, 0.717) is 17.7 Å². The van der Waals surface area contributed by atoms with Crippen molar-refractivity contribution >= 4 is 32.5 Å². The van der Waals surface area contributed by atoms with E-state index < -0.39 is 16.0 Å². The number of carbonyl (C=O) groups is 1. The summed E-state index contributed by atoms with van der Waals surface area (Å²) in [5.74, 6) is 0.757. The number of methoxy groups -OCH3 is 1. The lowest BCUT2D eigenvalue weighted by Gasteiger charge is -2.20. The second-order valence-electron chi connectivity index (χ2n) is 10.5.